The summed E-state index contributed by atoms with van der Waals surface area (Å²) in [6, 6.07) is 13.4. The predicted molar refractivity (Wildman–Crippen MR) is 125 cm³/mol. The zero-order chi connectivity index (χ0) is 21.7. The third-order valence-corrected chi connectivity index (χ3v) is 6.70. The lowest BCUT2D eigenvalue weighted by Gasteiger charge is -2.33. The van der Waals surface area contributed by atoms with Crippen molar-refractivity contribution in [1.29, 1.82) is 5.26 Å². The average molecular weight is 498 g/mol. The first-order valence-corrected chi connectivity index (χ1v) is 11.2. The summed E-state index contributed by atoms with van der Waals surface area (Å²) in [4.78, 5) is 19.6. The summed E-state index contributed by atoms with van der Waals surface area (Å²) in [6.45, 7) is 1.41. The van der Waals surface area contributed by atoms with Gasteiger partial charge in [0.15, 0.2) is 11.5 Å². The van der Waals surface area contributed by atoms with Gasteiger partial charge in [0.2, 0.25) is 0 Å². The number of fused-ring (bicyclic) bond motifs is 2. The van der Waals surface area contributed by atoms with Gasteiger partial charge in [-0.1, -0.05) is 27.5 Å². The van der Waals surface area contributed by atoms with E-state index in [0.29, 0.717) is 18.1 Å². The van der Waals surface area contributed by atoms with Crippen molar-refractivity contribution in [2.75, 3.05) is 18.0 Å². The molecule has 1 aliphatic heterocycles. The summed E-state index contributed by atoms with van der Waals surface area (Å²) >= 11 is 9.55. The Morgan fingerprint density at radius 3 is 2.74 bits per heavy atom. The molecule has 0 spiro atoms. The highest BCUT2D eigenvalue weighted by Crippen LogP contribution is 2.36. The van der Waals surface area contributed by atoms with Gasteiger partial charge >= 0.3 is 0 Å². The first kappa shape index (κ1) is 20.1. The molecule has 1 saturated heterocycles. The average Bonchev–Trinajstić information content (AvgIpc) is 3.19. The Hall–Kier alpha value is -2.82. The highest BCUT2D eigenvalue weighted by molar-refractivity contribution is 9.10. The molecule has 2 aromatic carbocycles. The van der Waals surface area contributed by atoms with Crippen LogP contribution in [0.15, 0.2) is 50.1 Å². The molecule has 5 rings (SSSR count). The van der Waals surface area contributed by atoms with Crippen LogP contribution in [-0.2, 0) is 7.05 Å². The molecule has 3 heterocycles. The molecule has 2 aromatic heterocycles. The summed E-state index contributed by atoms with van der Waals surface area (Å²) in [7, 11) is 1.70. The van der Waals surface area contributed by atoms with Crippen molar-refractivity contribution in [1.82, 2.24) is 9.55 Å². The Morgan fingerprint density at radius 2 is 2.00 bits per heavy atom. The van der Waals surface area contributed by atoms with E-state index in [0.717, 1.165) is 50.9 Å². The molecule has 0 aliphatic carbocycles. The minimum absolute atomic E-state index is 0.180. The topological polar surface area (TPSA) is 75.1 Å². The Bertz CT molecular complexity index is 1430. The van der Waals surface area contributed by atoms with Crippen LogP contribution < -0.4 is 10.5 Å². The molecule has 4 aromatic rings. The highest BCUT2D eigenvalue weighted by atomic mass is 79.9. The lowest BCUT2D eigenvalue weighted by Crippen LogP contribution is -2.35. The number of nitriles is 1. The van der Waals surface area contributed by atoms with Gasteiger partial charge in [0.05, 0.1) is 11.2 Å². The van der Waals surface area contributed by atoms with Crippen LogP contribution in [0.1, 0.15) is 30.2 Å². The first-order valence-electron chi connectivity index (χ1n) is 9.99. The minimum Gasteiger partial charge on any atom is -0.440 e. The van der Waals surface area contributed by atoms with E-state index < -0.39 is 0 Å². The smallest absolute Gasteiger partial charge is 0.270 e. The summed E-state index contributed by atoms with van der Waals surface area (Å²) in [5.74, 6) is 0.898. The molecule has 0 atom stereocenters. The fourth-order valence-corrected chi connectivity index (χ4v) is 4.88. The fourth-order valence-electron chi connectivity index (χ4n) is 4.37. The molecule has 8 heteroatoms. The van der Waals surface area contributed by atoms with Crippen molar-refractivity contribution < 1.29 is 4.42 Å². The molecule has 0 N–H and O–H groups in total. The van der Waals surface area contributed by atoms with Crippen LogP contribution in [0.3, 0.4) is 0 Å². The Labute approximate surface area is 191 Å². The van der Waals surface area contributed by atoms with Crippen LogP contribution in [0.2, 0.25) is 5.02 Å². The van der Waals surface area contributed by atoms with Crippen LogP contribution in [-0.4, -0.2) is 22.6 Å². The van der Waals surface area contributed by atoms with Gasteiger partial charge in [-0.2, -0.15) is 5.26 Å². The van der Waals surface area contributed by atoms with Crippen LogP contribution in [0.25, 0.3) is 22.0 Å². The van der Waals surface area contributed by atoms with E-state index in [-0.39, 0.29) is 17.0 Å². The number of aryl methyl sites for hydroxylation is 1. The molecule has 31 heavy (non-hydrogen) atoms. The third-order valence-electron chi connectivity index (χ3n) is 5.97. The number of halogens is 2. The van der Waals surface area contributed by atoms with E-state index in [2.05, 4.69) is 31.9 Å². The van der Waals surface area contributed by atoms with Crippen LogP contribution in [0.5, 0.6) is 0 Å². The van der Waals surface area contributed by atoms with Gasteiger partial charge in [-0.05, 0) is 49.2 Å². The van der Waals surface area contributed by atoms with Crippen LogP contribution in [0, 0.1) is 11.3 Å². The second-order valence-electron chi connectivity index (χ2n) is 7.79. The molecule has 156 valence electrons. The Kier molecular flexibility index (Phi) is 4.99. The molecular formula is C23H18BrClN4O2. The van der Waals surface area contributed by atoms with E-state index in [1.807, 2.05) is 30.3 Å². The maximum atomic E-state index is 12.9. The normalized spacial score (nSPS) is 15.0. The molecule has 1 aliphatic rings. The summed E-state index contributed by atoms with van der Waals surface area (Å²) in [5, 5.41) is 11.3. The summed E-state index contributed by atoms with van der Waals surface area (Å²) in [6.07, 6.45) is 1.64. The van der Waals surface area contributed by atoms with Gasteiger partial charge in [0, 0.05) is 40.9 Å². The monoisotopic (exact) mass is 496 g/mol. The van der Waals surface area contributed by atoms with Crippen molar-refractivity contribution in [2.45, 2.75) is 18.8 Å². The van der Waals surface area contributed by atoms with Gasteiger partial charge < -0.3 is 13.9 Å². The van der Waals surface area contributed by atoms with E-state index >= 15 is 0 Å². The molecule has 0 unspecified atom stereocenters. The van der Waals surface area contributed by atoms with Gasteiger partial charge in [0.25, 0.3) is 5.56 Å². The summed E-state index contributed by atoms with van der Waals surface area (Å²) < 4.78 is 8.40. The molecule has 0 saturated carbocycles. The predicted octanol–water partition coefficient (Wildman–Crippen LogP) is 5.35. The number of oxazole rings is 1. The molecule has 6 nitrogen and oxygen atoms in total. The SMILES string of the molecule is Cn1c(=O)c(C#N)c(N2CCC(c3nc4cc(Cl)ccc4o3)CC2)c2ccc(Br)cc21. The summed E-state index contributed by atoms with van der Waals surface area (Å²) in [5.41, 5.74) is 2.92. The molecule has 0 amide bonds. The lowest BCUT2D eigenvalue weighted by molar-refractivity contribution is 0.407. The number of piperidine rings is 1. The van der Waals surface area contributed by atoms with Crippen molar-refractivity contribution >= 4 is 55.2 Å². The zero-order valence-corrected chi connectivity index (χ0v) is 19.1. The Balaban J connectivity index is 1.49. The maximum absolute atomic E-state index is 12.9. The number of aromatic nitrogens is 2. The van der Waals surface area contributed by atoms with Crippen molar-refractivity contribution in [3.8, 4) is 6.07 Å². The van der Waals surface area contributed by atoms with E-state index in [1.165, 1.54) is 0 Å². The van der Waals surface area contributed by atoms with Crippen molar-refractivity contribution in [3.63, 3.8) is 0 Å². The standard InChI is InChI=1S/C23H18BrClN4O2/c1-28-19-10-14(24)2-4-16(19)21(17(12-26)23(28)30)29-8-6-13(7-9-29)22-27-18-11-15(25)3-5-20(18)31-22/h2-5,10-11,13H,6-9H2,1H3. The second-order valence-corrected chi connectivity index (χ2v) is 9.14. The largest absolute Gasteiger partial charge is 0.440 e. The van der Waals surface area contributed by atoms with Crippen molar-refractivity contribution in [3.05, 3.63) is 67.7 Å². The van der Waals surface area contributed by atoms with E-state index in [9.17, 15) is 10.1 Å². The highest BCUT2D eigenvalue weighted by Gasteiger charge is 2.28. The second kappa shape index (κ2) is 7.70. The third kappa shape index (κ3) is 3.40. The van der Waals surface area contributed by atoms with Gasteiger partial charge in [-0.15, -0.1) is 0 Å². The minimum atomic E-state index is -0.277. The Morgan fingerprint density at radius 1 is 1.23 bits per heavy atom. The number of rotatable bonds is 2. The van der Waals surface area contributed by atoms with Crippen molar-refractivity contribution in [2.24, 2.45) is 7.05 Å². The number of hydrogen-bond donors (Lipinski definition) is 0. The molecular weight excluding hydrogens is 480 g/mol. The molecule has 0 bridgehead atoms. The molecule has 0 radical (unpaired) electrons. The van der Waals surface area contributed by atoms with Gasteiger partial charge in [-0.25, -0.2) is 4.98 Å². The fraction of sp³-hybridized carbons (Fsp3) is 0.261. The number of anilines is 1. The number of pyridine rings is 1. The maximum Gasteiger partial charge on any atom is 0.270 e. The van der Waals surface area contributed by atoms with E-state index in [4.69, 9.17) is 16.0 Å². The number of hydrogen-bond acceptors (Lipinski definition) is 5. The quantitative estimate of drug-likeness (QED) is 0.373. The van der Waals surface area contributed by atoms with Crippen LogP contribution in [0.4, 0.5) is 5.69 Å². The van der Waals surface area contributed by atoms with Crippen LogP contribution >= 0.6 is 27.5 Å². The first-order chi connectivity index (χ1) is 15.0. The van der Waals surface area contributed by atoms with Gasteiger partial charge in [0.1, 0.15) is 17.1 Å². The van der Waals surface area contributed by atoms with Gasteiger partial charge in [-0.3, -0.25) is 4.79 Å². The number of benzene rings is 2. The number of nitrogens with zero attached hydrogens (tertiary/aromatic N) is 4. The molecule has 1 fully saturated rings. The lowest BCUT2D eigenvalue weighted by atomic mass is 9.95. The zero-order valence-electron chi connectivity index (χ0n) is 16.7. The van der Waals surface area contributed by atoms with E-state index in [1.54, 1.807) is 17.7 Å².